The normalized spacial score (nSPS) is 10.8. The molecule has 2 rings (SSSR count). The minimum absolute atomic E-state index is 0.476. The van der Waals surface area contributed by atoms with E-state index < -0.39 is 0 Å². The van der Waals surface area contributed by atoms with Crippen molar-refractivity contribution in [3.05, 3.63) is 36.2 Å². The Morgan fingerprint density at radius 3 is 2.70 bits per heavy atom. The van der Waals surface area contributed by atoms with Gasteiger partial charge in [-0.05, 0) is 36.7 Å². The Balaban J connectivity index is 1.92. The topological polar surface area (TPSA) is 73.3 Å². The first-order valence-electron chi connectivity index (χ1n) is 6.81. The minimum atomic E-state index is 0.476. The number of ether oxygens (including phenoxy) is 1. The number of anilines is 2. The molecule has 0 unspecified atom stereocenters. The number of benzene rings is 1. The van der Waals surface area contributed by atoms with Gasteiger partial charge in [-0.2, -0.15) is 4.98 Å². The van der Waals surface area contributed by atoms with E-state index in [1.54, 1.807) is 6.26 Å². The molecule has 0 saturated carbocycles. The number of nitrogens with one attached hydrogen (secondary N) is 1. The highest BCUT2D eigenvalue weighted by Crippen LogP contribution is 2.20. The summed E-state index contributed by atoms with van der Waals surface area (Å²) in [4.78, 5) is 4.29. The summed E-state index contributed by atoms with van der Waals surface area (Å²) in [6.45, 7) is 5.53. The third-order valence-corrected chi connectivity index (χ3v) is 2.64. The SMILES string of the molecule is CC(C)COc1ccc(Nc2nc(CCN)co2)cc1. The molecule has 3 N–H and O–H groups in total. The Kier molecular flexibility index (Phi) is 5.01. The second-order valence-corrected chi connectivity index (χ2v) is 5.04. The maximum Gasteiger partial charge on any atom is 0.299 e. The molecule has 0 saturated heterocycles. The molecule has 20 heavy (non-hydrogen) atoms. The molecule has 0 atom stereocenters. The van der Waals surface area contributed by atoms with Gasteiger partial charge in [-0.25, -0.2) is 0 Å². The number of rotatable bonds is 7. The van der Waals surface area contributed by atoms with Crippen LogP contribution in [0.5, 0.6) is 5.75 Å². The first kappa shape index (κ1) is 14.4. The highest BCUT2D eigenvalue weighted by atomic mass is 16.5. The largest absolute Gasteiger partial charge is 0.493 e. The zero-order valence-corrected chi connectivity index (χ0v) is 11.9. The van der Waals surface area contributed by atoms with E-state index in [9.17, 15) is 0 Å². The third kappa shape index (κ3) is 4.28. The third-order valence-electron chi connectivity index (χ3n) is 2.64. The number of hydrogen-bond acceptors (Lipinski definition) is 5. The quantitative estimate of drug-likeness (QED) is 0.812. The summed E-state index contributed by atoms with van der Waals surface area (Å²) in [6.07, 6.45) is 2.34. The van der Waals surface area contributed by atoms with Gasteiger partial charge in [-0.15, -0.1) is 0 Å². The van der Waals surface area contributed by atoms with Crippen molar-refractivity contribution in [2.45, 2.75) is 20.3 Å². The van der Waals surface area contributed by atoms with Crippen LogP contribution >= 0.6 is 0 Å². The smallest absolute Gasteiger partial charge is 0.299 e. The van der Waals surface area contributed by atoms with Gasteiger partial charge in [0.25, 0.3) is 6.01 Å². The van der Waals surface area contributed by atoms with Gasteiger partial charge >= 0.3 is 0 Å². The number of aromatic nitrogens is 1. The molecule has 108 valence electrons. The van der Waals surface area contributed by atoms with Crippen molar-refractivity contribution in [3.63, 3.8) is 0 Å². The number of nitrogens with zero attached hydrogens (tertiary/aromatic N) is 1. The Morgan fingerprint density at radius 1 is 1.30 bits per heavy atom. The van der Waals surface area contributed by atoms with E-state index >= 15 is 0 Å². The fourth-order valence-corrected chi connectivity index (χ4v) is 1.65. The van der Waals surface area contributed by atoms with Crippen molar-refractivity contribution in [1.29, 1.82) is 0 Å². The number of nitrogens with two attached hydrogens (primary N) is 1. The zero-order valence-electron chi connectivity index (χ0n) is 11.9. The van der Waals surface area contributed by atoms with E-state index in [1.807, 2.05) is 24.3 Å². The van der Waals surface area contributed by atoms with Crippen LogP contribution < -0.4 is 15.8 Å². The molecule has 1 aromatic carbocycles. The van der Waals surface area contributed by atoms with Gasteiger partial charge in [-0.1, -0.05) is 13.8 Å². The van der Waals surface area contributed by atoms with Crippen LogP contribution in [0.25, 0.3) is 0 Å². The van der Waals surface area contributed by atoms with Crippen molar-refractivity contribution in [2.24, 2.45) is 11.7 Å². The van der Waals surface area contributed by atoms with Crippen LogP contribution in [0.1, 0.15) is 19.5 Å². The Labute approximate surface area is 119 Å². The van der Waals surface area contributed by atoms with Crippen LogP contribution in [0.4, 0.5) is 11.7 Å². The molecular formula is C15H21N3O2. The van der Waals surface area contributed by atoms with Gasteiger partial charge in [-0.3, -0.25) is 0 Å². The molecule has 2 aromatic rings. The highest BCUT2D eigenvalue weighted by Gasteiger charge is 2.04. The molecule has 0 bridgehead atoms. The lowest BCUT2D eigenvalue weighted by molar-refractivity contribution is 0.271. The Morgan fingerprint density at radius 2 is 2.05 bits per heavy atom. The molecule has 0 aliphatic rings. The fraction of sp³-hybridized carbons (Fsp3) is 0.400. The lowest BCUT2D eigenvalue weighted by atomic mass is 10.2. The summed E-state index contributed by atoms with van der Waals surface area (Å²) in [6, 6.07) is 8.19. The predicted octanol–water partition coefficient (Wildman–Crippen LogP) is 2.95. The molecule has 0 amide bonds. The van der Waals surface area contributed by atoms with Crippen molar-refractivity contribution in [1.82, 2.24) is 4.98 Å². The van der Waals surface area contributed by atoms with Crippen molar-refractivity contribution >= 4 is 11.7 Å². The maximum atomic E-state index is 5.63. The first-order valence-corrected chi connectivity index (χ1v) is 6.81. The van der Waals surface area contributed by atoms with E-state index in [4.69, 9.17) is 14.9 Å². The van der Waals surface area contributed by atoms with Gasteiger partial charge in [0.05, 0.1) is 12.3 Å². The molecule has 0 aliphatic heterocycles. The van der Waals surface area contributed by atoms with E-state index in [0.29, 0.717) is 24.9 Å². The Hall–Kier alpha value is -2.01. The number of hydrogen-bond donors (Lipinski definition) is 2. The van der Waals surface area contributed by atoms with Gasteiger partial charge < -0.3 is 20.2 Å². The second-order valence-electron chi connectivity index (χ2n) is 5.04. The van der Waals surface area contributed by atoms with Crippen LogP contribution in [0.3, 0.4) is 0 Å². The van der Waals surface area contributed by atoms with Gasteiger partial charge in [0, 0.05) is 12.1 Å². The van der Waals surface area contributed by atoms with Crippen molar-refractivity contribution in [3.8, 4) is 5.75 Å². The van der Waals surface area contributed by atoms with Gasteiger partial charge in [0.2, 0.25) is 0 Å². The van der Waals surface area contributed by atoms with Crippen molar-refractivity contribution in [2.75, 3.05) is 18.5 Å². The van der Waals surface area contributed by atoms with Gasteiger partial charge in [0.15, 0.2) is 0 Å². The summed E-state index contributed by atoms with van der Waals surface area (Å²) in [5.74, 6) is 1.38. The molecule has 5 heteroatoms. The number of oxazole rings is 1. The van der Waals surface area contributed by atoms with Gasteiger partial charge in [0.1, 0.15) is 12.0 Å². The lowest BCUT2D eigenvalue weighted by Gasteiger charge is -2.09. The molecule has 0 spiro atoms. The standard InChI is InChI=1S/C15H21N3O2/c1-11(2)9-19-14-5-3-12(4-6-14)17-15-18-13(7-8-16)10-20-15/h3-6,10-11H,7-9,16H2,1-2H3,(H,17,18). The fourth-order valence-electron chi connectivity index (χ4n) is 1.65. The zero-order chi connectivity index (χ0) is 14.4. The molecular weight excluding hydrogens is 254 g/mol. The van der Waals surface area contributed by atoms with E-state index in [0.717, 1.165) is 23.7 Å². The Bertz CT molecular complexity index is 520. The van der Waals surface area contributed by atoms with Crippen LogP contribution in [0.2, 0.25) is 0 Å². The average molecular weight is 275 g/mol. The van der Waals surface area contributed by atoms with Crippen LogP contribution in [0, 0.1) is 5.92 Å². The van der Waals surface area contributed by atoms with E-state index in [1.165, 1.54) is 0 Å². The van der Waals surface area contributed by atoms with Crippen LogP contribution in [-0.2, 0) is 6.42 Å². The average Bonchev–Trinajstić information content (AvgIpc) is 2.86. The molecule has 0 fully saturated rings. The summed E-state index contributed by atoms with van der Waals surface area (Å²) in [7, 11) is 0. The summed E-state index contributed by atoms with van der Waals surface area (Å²) >= 11 is 0. The molecule has 5 nitrogen and oxygen atoms in total. The molecule has 0 radical (unpaired) electrons. The maximum absolute atomic E-state index is 5.63. The van der Waals surface area contributed by atoms with Crippen LogP contribution in [-0.4, -0.2) is 18.1 Å². The van der Waals surface area contributed by atoms with E-state index in [-0.39, 0.29) is 0 Å². The highest BCUT2D eigenvalue weighted by molar-refractivity contribution is 5.53. The lowest BCUT2D eigenvalue weighted by Crippen LogP contribution is -2.04. The second kappa shape index (κ2) is 6.96. The van der Waals surface area contributed by atoms with Crippen molar-refractivity contribution < 1.29 is 9.15 Å². The minimum Gasteiger partial charge on any atom is -0.493 e. The predicted molar refractivity (Wildman–Crippen MR) is 79.3 cm³/mol. The summed E-state index contributed by atoms with van der Waals surface area (Å²) in [5, 5.41) is 3.10. The van der Waals surface area contributed by atoms with E-state index in [2.05, 4.69) is 24.1 Å². The monoisotopic (exact) mass is 275 g/mol. The molecule has 0 aliphatic carbocycles. The first-order chi connectivity index (χ1) is 9.67. The summed E-state index contributed by atoms with van der Waals surface area (Å²) in [5.41, 5.74) is 7.23. The van der Waals surface area contributed by atoms with Crippen LogP contribution in [0.15, 0.2) is 34.9 Å². The summed E-state index contributed by atoms with van der Waals surface area (Å²) < 4.78 is 10.9. The molecule has 1 heterocycles. The molecule has 1 aromatic heterocycles.